The molecule has 3 heterocycles. The first-order valence-corrected chi connectivity index (χ1v) is 12.1. The number of fused-ring (bicyclic) bond motifs is 3. The van der Waals surface area contributed by atoms with Crippen molar-refractivity contribution in [3.05, 3.63) is 94.3 Å². The standard InChI is InChI=1S/C27H22FN7O3/c1-17-16-32(14-15-33(17)26(36)18-10-12-19(28)13-11-18)27-29-22-8-4-2-6-20(22)24-30-31-25(34(24)27)21-7-3-5-9-23(21)35(37)38/h2-13,17H,14-16H2,1H3. The van der Waals surface area contributed by atoms with Crippen molar-refractivity contribution in [2.24, 2.45) is 0 Å². The molecule has 190 valence electrons. The molecule has 38 heavy (non-hydrogen) atoms. The third-order valence-electron chi connectivity index (χ3n) is 6.83. The lowest BCUT2D eigenvalue weighted by atomic mass is 10.1. The monoisotopic (exact) mass is 511 g/mol. The van der Waals surface area contributed by atoms with Crippen molar-refractivity contribution in [2.75, 3.05) is 24.5 Å². The number of carbonyl (C=O) groups excluding carboxylic acids is 1. The maximum Gasteiger partial charge on any atom is 0.280 e. The first-order chi connectivity index (χ1) is 18.4. The first-order valence-electron chi connectivity index (χ1n) is 12.1. The predicted molar refractivity (Wildman–Crippen MR) is 139 cm³/mol. The number of para-hydroxylation sites is 2. The van der Waals surface area contributed by atoms with Crippen LogP contribution in [0.4, 0.5) is 16.0 Å². The SMILES string of the molecule is CC1CN(c2nc3ccccc3c3nnc(-c4ccccc4[N+](=O)[O-])n23)CCN1C(=O)c1ccc(F)cc1. The lowest BCUT2D eigenvalue weighted by Gasteiger charge is -2.40. The molecule has 0 saturated carbocycles. The van der Waals surface area contributed by atoms with Crippen LogP contribution in [0, 0.1) is 15.9 Å². The number of amides is 1. The van der Waals surface area contributed by atoms with E-state index in [1.165, 1.54) is 30.3 Å². The normalized spacial score (nSPS) is 15.8. The van der Waals surface area contributed by atoms with Crippen molar-refractivity contribution in [1.29, 1.82) is 0 Å². The van der Waals surface area contributed by atoms with E-state index in [-0.39, 0.29) is 17.6 Å². The fraction of sp³-hybridized carbons (Fsp3) is 0.185. The highest BCUT2D eigenvalue weighted by Crippen LogP contribution is 2.33. The van der Waals surface area contributed by atoms with Gasteiger partial charge in [0.1, 0.15) is 5.82 Å². The summed E-state index contributed by atoms with van der Waals surface area (Å²) in [6.45, 7) is 3.28. The average Bonchev–Trinajstić information content (AvgIpc) is 3.38. The summed E-state index contributed by atoms with van der Waals surface area (Å²) in [6.07, 6.45) is 0. The van der Waals surface area contributed by atoms with Crippen LogP contribution in [0.25, 0.3) is 27.9 Å². The maximum atomic E-state index is 13.4. The second-order valence-corrected chi connectivity index (χ2v) is 9.19. The molecule has 0 radical (unpaired) electrons. The van der Waals surface area contributed by atoms with Gasteiger partial charge in [0, 0.05) is 42.7 Å². The summed E-state index contributed by atoms with van der Waals surface area (Å²) < 4.78 is 15.1. The van der Waals surface area contributed by atoms with Crippen LogP contribution in [0.5, 0.6) is 0 Å². The van der Waals surface area contributed by atoms with Crippen LogP contribution in [-0.4, -0.2) is 61.0 Å². The van der Waals surface area contributed by atoms with E-state index >= 15 is 0 Å². The van der Waals surface area contributed by atoms with Gasteiger partial charge in [-0.05, 0) is 49.4 Å². The molecule has 1 unspecified atom stereocenters. The molecule has 10 nitrogen and oxygen atoms in total. The topological polar surface area (TPSA) is 110 Å². The van der Waals surface area contributed by atoms with Crippen LogP contribution in [0.1, 0.15) is 17.3 Å². The van der Waals surface area contributed by atoms with Crippen molar-refractivity contribution in [2.45, 2.75) is 13.0 Å². The molecule has 2 aromatic heterocycles. The zero-order valence-corrected chi connectivity index (χ0v) is 20.4. The fourth-order valence-corrected chi connectivity index (χ4v) is 4.97. The summed E-state index contributed by atoms with van der Waals surface area (Å²) in [6, 6.07) is 19.3. The number of nitrogens with zero attached hydrogens (tertiary/aromatic N) is 7. The van der Waals surface area contributed by atoms with Crippen molar-refractivity contribution >= 4 is 34.1 Å². The minimum Gasteiger partial charge on any atom is -0.338 e. The predicted octanol–water partition coefficient (Wildman–Crippen LogP) is 4.34. The summed E-state index contributed by atoms with van der Waals surface area (Å²) in [7, 11) is 0. The molecule has 5 aromatic rings. The van der Waals surface area contributed by atoms with E-state index in [4.69, 9.17) is 4.98 Å². The molecular formula is C27H22FN7O3. The summed E-state index contributed by atoms with van der Waals surface area (Å²) in [5, 5.41) is 21.4. The highest BCUT2D eigenvalue weighted by molar-refractivity contribution is 5.95. The van der Waals surface area contributed by atoms with Crippen LogP contribution >= 0.6 is 0 Å². The molecule has 11 heteroatoms. The van der Waals surface area contributed by atoms with E-state index in [0.29, 0.717) is 53.7 Å². The highest BCUT2D eigenvalue weighted by Gasteiger charge is 2.31. The molecule has 6 rings (SSSR count). The summed E-state index contributed by atoms with van der Waals surface area (Å²) in [4.78, 5) is 33.2. The van der Waals surface area contributed by atoms with Crippen LogP contribution < -0.4 is 4.90 Å². The Morgan fingerprint density at radius 1 is 1.00 bits per heavy atom. The third kappa shape index (κ3) is 3.88. The number of rotatable bonds is 4. The molecule has 0 bridgehead atoms. The zero-order valence-electron chi connectivity index (χ0n) is 20.4. The number of carbonyl (C=O) groups is 1. The van der Waals surface area contributed by atoms with Gasteiger partial charge in [0.15, 0.2) is 11.5 Å². The van der Waals surface area contributed by atoms with Crippen molar-refractivity contribution in [1.82, 2.24) is 24.5 Å². The van der Waals surface area contributed by atoms with Crippen LogP contribution in [0.15, 0.2) is 72.8 Å². The van der Waals surface area contributed by atoms with Gasteiger partial charge in [-0.3, -0.25) is 14.9 Å². The molecule has 1 aliphatic rings. The van der Waals surface area contributed by atoms with E-state index < -0.39 is 10.7 Å². The number of halogens is 1. The quantitative estimate of drug-likeness (QED) is 0.261. The second kappa shape index (κ2) is 9.18. The second-order valence-electron chi connectivity index (χ2n) is 9.19. The molecule has 0 N–H and O–H groups in total. The summed E-state index contributed by atoms with van der Waals surface area (Å²) in [5.41, 5.74) is 1.94. The van der Waals surface area contributed by atoms with Gasteiger partial charge in [-0.2, -0.15) is 0 Å². The Balaban J connectivity index is 1.43. The minimum atomic E-state index is -0.438. The molecule has 1 atom stereocenters. The van der Waals surface area contributed by atoms with Gasteiger partial charge in [0.25, 0.3) is 11.6 Å². The summed E-state index contributed by atoms with van der Waals surface area (Å²) >= 11 is 0. The number of aromatic nitrogens is 4. The Labute approximate surface area is 216 Å². The number of anilines is 1. The maximum absolute atomic E-state index is 13.4. The average molecular weight is 512 g/mol. The highest BCUT2D eigenvalue weighted by atomic mass is 19.1. The van der Waals surface area contributed by atoms with E-state index in [1.807, 2.05) is 36.1 Å². The van der Waals surface area contributed by atoms with Crippen molar-refractivity contribution < 1.29 is 14.1 Å². The smallest absolute Gasteiger partial charge is 0.280 e. The van der Waals surface area contributed by atoms with E-state index in [0.717, 1.165) is 5.39 Å². The van der Waals surface area contributed by atoms with Crippen LogP contribution in [0.3, 0.4) is 0 Å². The Morgan fingerprint density at radius 2 is 1.74 bits per heavy atom. The van der Waals surface area contributed by atoms with Gasteiger partial charge < -0.3 is 9.80 Å². The lowest BCUT2D eigenvalue weighted by molar-refractivity contribution is -0.384. The number of hydrogen-bond acceptors (Lipinski definition) is 7. The molecule has 1 amide bonds. The largest absolute Gasteiger partial charge is 0.338 e. The molecule has 1 saturated heterocycles. The molecule has 1 fully saturated rings. The van der Waals surface area contributed by atoms with Gasteiger partial charge >= 0.3 is 0 Å². The number of nitro groups is 1. The number of nitro benzene ring substituents is 1. The minimum absolute atomic E-state index is 0.0796. The Bertz CT molecular complexity index is 1700. The van der Waals surface area contributed by atoms with E-state index in [1.54, 1.807) is 27.5 Å². The van der Waals surface area contributed by atoms with Gasteiger partial charge in [0.2, 0.25) is 5.95 Å². The lowest BCUT2D eigenvalue weighted by Crippen LogP contribution is -2.54. The first kappa shape index (κ1) is 23.5. The van der Waals surface area contributed by atoms with Crippen molar-refractivity contribution in [3.63, 3.8) is 0 Å². The van der Waals surface area contributed by atoms with Gasteiger partial charge in [-0.15, -0.1) is 10.2 Å². The Kier molecular flexibility index (Phi) is 5.67. The fourth-order valence-electron chi connectivity index (χ4n) is 4.97. The third-order valence-corrected chi connectivity index (χ3v) is 6.83. The molecule has 1 aliphatic heterocycles. The molecule has 0 aliphatic carbocycles. The molecular weight excluding hydrogens is 489 g/mol. The Morgan fingerprint density at radius 3 is 2.50 bits per heavy atom. The summed E-state index contributed by atoms with van der Waals surface area (Å²) in [5.74, 6) is 0.295. The molecule has 3 aromatic carbocycles. The van der Waals surface area contributed by atoms with E-state index in [2.05, 4.69) is 10.2 Å². The number of piperazine rings is 1. The van der Waals surface area contributed by atoms with E-state index in [9.17, 15) is 19.3 Å². The van der Waals surface area contributed by atoms with Gasteiger partial charge in [-0.25, -0.2) is 13.8 Å². The van der Waals surface area contributed by atoms with Crippen LogP contribution in [-0.2, 0) is 0 Å². The van der Waals surface area contributed by atoms with Gasteiger partial charge in [-0.1, -0.05) is 24.3 Å². The molecule has 0 spiro atoms. The number of hydrogen-bond donors (Lipinski definition) is 0. The Hall–Kier alpha value is -4.93. The van der Waals surface area contributed by atoms with Gasteiger partial charge in [0.05, 0.1) is 16.0 Å². The van der Waals surface area contributed by atoms with Crippen molar-refractivity contribution in [3.8, 4) is 11.4 Å². The van der Waals surface area contributed by atoms with Crippen LogP contribution in [0.2, 0.25) is 0 Å². The zero-order chi connectivity index (χ0) is 26.4. The number of benzene rings is 3.